The first-order valence-electron chi connectivity index (χ1n) is 8.05. The normalized spacial score (nSPS) is 17.4. The third kappa shape index (κ3) is 3.65. The average molecular weight is 325 g/mol. The first-order chi connectivity index (χ1) is 11.7. The van der Waals surface area contributed by atoms with Crippen molar-refractivity contribution in [2.24, 2.45) is 0 Å². The van der Waals surface area contributed by atoms with E-state index in [-0.39, 0.29) is 17.8 Å². The Morgan fingerprint density at radius 1 is 1.17 bits per heavy atom. The number of hydrogen-bond donors (Lipinski definition) is 0. The number of hydrogen-bond acceptors (Lipinski definition) is 2. The monoisotopic (exact) mass is 325 g/mol. The molecular weight excluding hydrogens is 305 g/mol. The third-order valence-electron chi connectivity index (χ3n) is 4.32. The predicted molar refractivity (Wildman–Crippen MR) is 92.1 cm³/mol. The van der Waals surface area contributed by atoms with Gasteiger partial charge in [-0.25, -0.2) is 4.39 Å². The lowest BCUT2D eigenvalue weighted by molar-refractivity contribution is -0.126. The van der Waals surface area contributed by atoms with Gasteiger partial charge in [-0.15, -0.1) is 0 Å². The molecule has 3 nitrogen and oxygen atoms in total. The number of likely N-dealkylation sites (tertiary alicyclic amines) is 1. The summed E-state index contributed by atoms with van der Waals surface area (Å²) in [5.74, 6) is 0.515. The summed E-state index contributed by atoms with van der Waals surface area (Å²) in [6, 6.07) is 14.1. The number of methoxy groups -OCH3 is 1. The Morgan fingerprint density at radius 2 is 1.88 bits per heavy atom. The fourth-order valence-electron chi connectivity index (χ4n) is 3.04. The van der Waals surface area contributed by atoms with Crippen molar-refractivity contribution in [1.29, 1.82) is 0 Å². The molecule has 4 heteroatoms. The summed E-state index contributed by atoms with van der Waals surface area (Å²) in [7, 11) is 1.64. The van der Waals surface area contributed by atoms with Crippen LogP contribution < -0.4 is 4.74 Å². The van der Waals surface area contributed by atoms with Crippen molar-refractivity contribution >= 4 is 12.0 Å². The van der Waals surface area contributed by atoms with E-state index in [1.54, 1.807) is 31.4 Å². The molecular formula is C20H20FNO2. The van der Waals surface area contributed by atoms with Crippen molar-refractivity contribution in [2.75, 3.05) is 13.7 Å². The van der Waals surface area contributed by atoms with Gasteiger partial charge in [0.15, 0.2) is 0 Å². The molecule has 1 fully saturated rings. The maximum atomic E-state index is 12.9. The topological polar surface area (TPSA) is 29.5 Å². The lowest BCUT2D eigenvalue weighted by atomic mass is 10.0. The van der Waals surface area contributed by atoms with E-state index in [1.165, 1.54) is 12.1 Å². The van der Waals surface area contributed by atoms with Crippen LogP contribution in [0.3, 0.4) is 0 Å². The van der Waals surface area contributed by atoms with E-state index in [9.17, 15) is 9.18 Å². The Morgan fingerprint density at radius 3 is 2.54 bits per heavy atom. The zero-order chi connectivity index (χ0) is 16.9. The van der Waals surface area contributed by atoms with E-state index in [0.29, 0.717) is 0 Å². The van der Waals surface area contributed by atoms with Crippen molar-refractivity contribution < 1.29 is 13.9 Å². The summed E-state index contributed by atoms with van der Waals surface area (Å²) in [5, 5.41) is 0. The lowest BCUT2D eigenvalue weighted by Gasteiger charge is -2.24. The molecule has 0 N–H and O–H groups in total. The Labute approximate surface area is 141 Å². The zero-order valence-corrected chi connectivity index (χ0v) is 13.6. The molecule has 0 bridgehead atoms. The molecule has 124 valence electrons. The van der Waals surface area contributed by atoms with Gasteiger partial charge in [-0.05, 0) is 54.3 Å². The van der Waals surface area contributed by atoms with E-state index in [2.05, 4.69) is 0 Å². The van der Waals surface area contributed by atoms with Gasteiger partial charge in [-0.1, -0.05) is 24.3 Å². The Kier molecular flexibility index (Phi) is 4.94. The third-order valence-corrected chi connectivity index (χ3v) is 4.32. The first kappa shape index (κ1) is 16.2. The molecule has 2 aromatic carbocycles. The smallest absolute Gasteiger partial charge is 0.247 e. The van der Waals surface area contributed by atoms with Crippen molar-refractivity contribution in [3.63, 3.8) is 0 Å². The second-order valence-corrected chi connectivity index (χ2v) is 5.85. The molecule has 0 aliphatic carbocycles. The Balaban J connectivity index is 1.71. The van der Waals surface area contributed by atoms with Gasteiger partial charge >= 0.3 is 0 Å². The fraction of sp³-hybridized carbons (Fsp3) is 0.250. The number of benzene rings is 2. The van der Waals surface area contributed by atoms with Crippen LogP contribution in [0.2, 0.25) is 0 Å². The number of halogens is 1. The highest BCUT2D eigenvalue weighted by molar-refractivity contribution is 5.92. The molecule has 1 amide bonds. The van der Waals surface area contributed by atoms with E-state index >= 15 is 0 Å². The minimum atomic E-state index is -0.280. The Hall–Kier alpha value is -2.62. The largest absolute Gasteiger partial charge is 0.497 e. The molecule has 2 aromatic rings. The number of rotatable bonds is 4. The molecule has 1 unspecified atom stereocenters. The minimum absolute atomic E-state index is 0.0161. The molecule has 0 saturated carbocycles. The Bertz CT molecular complexity index is 722. The van der Waals surface area contributed by atoms with Crippen LogP contribution in [-0.2, 0) is 4.79 Å². The van der Waals surface area contributed by atoms with Gasteiger partial charge in [-0.3, -0.25) is 4.79 Å². The standard InChI is InChI=1S/C20H20FNO2/c1-24-18-11-7-16(8-12-18)19-3-2-14-22(19)20(23)13-6-15-4-9-17(21)10-5-15/h4-13,19H,2-3,14H2,1H3/b13-6+. The summed E-state index contributed by atoms with van der Waals surface area (Å²) in [6.07, 6.45) is 5.25. The number of carbonyl (C=O) groups excluding carboxylic acids is 1. The molecule has 0 radical (unpaired) electrons. The van der Waals surface area contributed by atoms with Crippen molar-refractivity contribution in [1.82, 2.24) is 4.90 Å². The molecule has 1 saturated heterocycles. The van der Waals surface area contributed by atoms with E-state index in [1.807, 2.05) is 29.2 Å². The summed E-state index contributed by atoms with van der Waals surface area (Å²) < 4.78 is 18.1. The fourth-order valence-corrected chi connectivity index (χ4v) is 3.04. The number of amides is 1. The van der Waals surface area contributed by atoms with E-state index in [0.717, 1.165) is 36.3 Å². The van der Waals surface area contributed by atoms with Crippen molar-refractivity contribution in [2.45, 2.75) is 18.9 Å². The van der Waals surface area contributed by atoms with Gasteiger partial charge in [0.05, 0.1) is 13.2 Å². The maximum Gasteiger partial charge on any atom is 0.247 e. The molecule has 0 aromatic heterocycles. The van der Waals surface area contributed by atoms with Gasteiger partial charge in [0.2, 0.25) is 5.91 Å². The van der Waals surface area contributed by atoms with Crippen LogP contribution in [0, 0.1) is 5.82 Å². The van der Waals surface area contributed by atoms with Gasteiger partial charge in [0.1, 0.15) is 11.6 Å². The molecule has 24 heavy (non-hydrogen) atoms. The molecule has 1 aliphatic heterocycles. The molecule has 1 heterocycles. The highest BCUT2D eigenvalue weighted by Crippen LogP contribution is 2.33. The van der Waals surface area contributed by atoms with E-state index in [4.69, 9.17) is 4.74 Å². The van der Waals surface area contributed by atoms with Gasteiger partial charge in [0, 0.05) is 12.6 Å². The van der Waals surface area contributed by atoms with E-state index < -0.39 is 0 Å². The summed E-state index contributed by atoms with van der Waals surface area (Å²) in [4.78, 5) is 14.4. The molecule has 1 atom stereocenters. The summed E-state index contributed by atoms with van der Waals surface area (Å²) >= 11 is 0. The van der Waals surface area contributed by atoms with Gasteiger partial charge < -0.3 is 9.64 Å². The van der Waals surface area contributed by atoms with Crippen LogP contribution in [0.1, 0.15) is 30.0 Å². The van der Waals surface area contributed by atoms with Crippen LogP contribution in [0.15, 0.2) is 54.6 Å². The molecule has 0 spiro atoms. The van der Waals surface area contributed by atoms with Gasteiger partial charge in [-0.2, -0.15) is 0 Å². The van der Waals surface area contributed by atoms with Gasteiger partial charge in [0.25, 0.3) is 0 Å². The van der Waals surface area contributed by atoms with Crippen LogP contribution in [0.25, 0.3) is 6.08 Å². The van der Waals surface area contributed by atoms with Crippen molar-refractivity contribution in [3.8, 4) is 5.75 Å². The summed E-state index contributed by atoms with van der Waals surface area (Å²) in [6.45, 7) is 0.753. The van der Waals surface area contributed by atoms with Crippen LogP contribution >= 0.6 is 0 Å². The minimum Gasteiger partial charge on any atom is -0.497 e. The molecule has 1 aliphatic rings. The summed E-state index contributed by atoms with van der Waals surface area (Å²) in [5.41, 5.74) is 1.93. The second-order valence-electron chi connectivity index (χ2n) is 5.85. The quantitative estimate of drug-likeness (QED) is 0.788. The maximum absolute atomic E-state index is 12.9. The highest BCUT2D eigenvalue weighted by atomic mass is 19.1. The average Bonchev–Trinajstić information content (AvgIpc) is 3.11. The molecule has 3 rings (SSSR count). The number of ether oxygens (including phenoxy) is 1. The van der Waals surface area contributed by atoms with Crippen LogP contribution in [-0.4, -0.2) is 24.5 Å². The van der Waals surface area contributed by atoms with Crippen LogP contribution in [0.5, 0.6) is 5.75 Å². The zero-order valence-electron chi connectivity index (χ0n) is 13.6. The van der Waals surface area contributed by atoms with Crippen molar-refractivity contribution in [3.05, 3.63) is 71.6 Å². The predicted octanol–water partition coefficient (Wildman–Crippen LogP) is 4.21. The number of carbonyl (C=O) groups is 1. The van der Waals surface area contributed by atoms with Crippen LogP contribution in [0.4, 0.5) is 4.39 Å². The highest BCUT2D eigenvalue weighted by Gasteiger charge is 2.28. The second kappa shape index (κ2) is 7.30. The SMILES string of the molecule is COc1ccc(C2CCCN2C(=O)/C=C/c2ccc(F)cc2)cc1. The first-order valence-corrected chi connectivity index (χ1v) is 8.05. The lowest BCUT2D eigenvalue weighted by Crippen LogP contribution is -2.28. The number of nitrogens with zero attached hydrogens (tertiary/aromatic N) is 1.